The van der Waals surface area contributed by atoms with Crippen LogP contribution in [0.3, 0.4) is 0 Å². The average molecular weight is 131 g/mol. The zero-order valence-corrected chi connectivity index (χ0v) is 6.01. The zero-order valence-electron chi connectivity index (χ0n) is 6.01. The van der Waals surface area contributed by atoms with Crippen LogP contribution in [-0.2, 0) is 0 Å². The molecule has 0 aliphatic rings. The van der Waals surface area contributed by atoms with E-state index in [0.717, 1.165) is 19.4 Å². The average Bonchev–Trinajstić information content (AvgIpc) is 1.82. The van der Waals surface area contributed by atoms with Crippen molar-refractivity contribution in [3.63, 3.8) is 0 Å². The van der Waals surface area contributed by atoms with Crippen molar-refractivity contribution in [3.05, 3.63) is 0 Å². The van der Waals surface area contributed by atoms with Gasteiger partial charge in [0, 0.05) is 0 Å². The van der Waals surface area contributed by atoms with E-state index in [1.165, 1.54) is 0 Å². The Morgan fingerprint density at radius 2 is 1.89 bits per heavy atom. The Labute approximate surface area is 56.6 Å². The fourth-order valence-electron chi connectivity index (χ4n) is 0.632. The molecule has 6 N–H and O–H groups in total. The first-order chi connectivity index (χ1) is 4.18. The van der Waals surface area contributed by atoms with Crippen LogP contribution >= 0.6 is 0 Å². The third-order valence-electron chi connectivity index (χ3n) is 1.52. The first-order valence-electron chi connectivity index (χ1n) is 3.39. The zero-order chi connectivity index (χ0) is 7.28. The largest absolute Gasteiger partial charge is 0.330 e. The van der Waals surface area contributed by atoms with Gasteiger partial charge in [0.05, 0.1) is 6.17 Å². The van der Waals surface area contributed by atoms with Crippen molar-refractivity contribution in [2.45, 2.75) is 25.9 Å². The SMILES string of the molecule is CC(CCCN)C(N)N. The molecule has 3 heteroatoms. The number of rotatable bonds is 4. The molecule has 0 bridgehead atoms. The predicted octanol–water partition coefficient (Wildman–Crippen LogP) is -0.395. The van der Waals surface area contributed by atoms with Crippen LogP contribution < -0.4 is 17.2 Å². The van der Waals surface area contributed by atoms with Gasteiger partial charge in [-0.3, -0.25) is 0 Å². The molecule has 0 rings (SSSR count). The maximum absolute atomic E-state index is 5.41. The molecule has 0 saturated heterocycles. The van der Waals surface area contributed by atoms with E-state index in [2.05, 4.69) is 0 Å². The van der Waals surface area contributed by atoms with Crippen molar-refractivity contribution in [2.24, 2.45) is 23.1 Å². The van der Waals surface area contributed by atoms with E-state index in [4.69, 9.17) is 17.2 Å². The fourth-order valence-corrected chi connectivity index (χ4v) is 0.632. The predicted molar refractivity (Wildman–Crippen MR) is 39.6 cm³/mol. The molecule has 56 valence electrons. The Morgan fingerprint density at radius 3 is 2.22 bits per heavy atom. The Bertz CT molecular complexity index is 63.3. The van der Waals surface area contributed by atoms with Gasteiger partial charge in [0.15, 0.2) is 0 Å². The second-order valence-corrected chi connectivity index (χ2v) is 2.49. The molecular weight excluding hydrogens is 114 g/mol. The lowest BCUT2D eigenvalue weighted by molar-refractivity contribution is 0.426. The van der Waals surface area contributed by atoms with Gasteiger partial charge in [0.25, 0.3) is 0 Å². The maximum atomic E-state index is 5.41. The van der Waals surface area contributed by atoms with E-state index < -0.39 is 0 Å². The fraction of sp³-hybridized carbons (Fsp3) is 1.00. The topological polar surface area (TPSA) is 78.1 Å². The molecule has 1 unspecified atom stereocenters. The number of hydrogen-bond donors (Lipinski definition) is 3. The molecule has 0 aromatic rings. The Kier molecular flexibility index (Phi) is 4.67. The first-order valence-corrected chi connectivity index (χ1v) is 3.39. The van der Waals surface area contributed by atoms with E-state index in [-0.39, 0.29) is 6.17 Å². The summed E-state index contributed by atoms with van der Waals surface area (Å²) < 4.78 is 0. The lowest BCUT2D eigenvalue weighted by Gasteiger charge is -2.13. The summed E-state index contributed by atoms with van der Waals surface area (Å²) in [6.07, 6.45) is 1.87. The van der Waals surface area contributed by atoms with E-state index in [9.17, 15) is 0 Å². The smallest absolute Gasteiger partial charge is 0.0547 e. The van der Waals surface area contributed by atoms with Gasteiger partial charge in [-0.25, -0.2) is 0 Å². The second kappa shape index (κ2) is 4.73. The standard InChI is InChI=1S/C6H17N3/c1-5(6(8)9)3-2-4-7/h5-6H,2-4,7-9H2,1H3. The molecule has 0 heterocycles. The van der Waals surface area contributed by atoms with Gasteiger partial charge in [0.1, 0.15) is 0 Å². The van der Waals surface area contributed by atoms with Crippen LogP contribution in [0, 0.1) is 5.92 Å². The normalized spacial score (nSPS) is 14.3. The van der Waals surface area contributed by atoms with Crippen LogP contribution in [0.2, 0.25) is 0 Å². The van der Waals surface area contributed by atoms with Gasteiger partial charge in [-0.1, -0.05) is 6.92 Å². The van der Waals surface area contributed by atoms with Crippen LogP contribution in [0.15, 0.2) is 0 Å². The summed E-state index contributed by atoms with van der Waals surface area (Å²) in [6.45, 7) is 2.78. The third kappa shape index (κ3) is 4.39. The molecule has 3 nitrogen and oxygen atoms in total. The maximum Gasteiger partial charge on any atom is 0.0547 e. The summed E-state index contributed by atoms with van der Waals surface area (Å²) in [5, 5.41) is 0. The third-order valence-corrected chi connectivity index (χ3v) is 1.52. The summed E-state index contributed by atoms with van der Waals surface area (Å²) in [5.74, 6) is 0.397. The second-order valence-electron chi connectivity index (χ2n) is 2.49. The quantitative estimate of drug-likeness (QED) is 0.454. The molecule has 1 atom stereocenters. The van der Waals surface area contributed by atoms with Gasteiger partial charge in [-0.15, -0.1) is 0 Å². The Hall–Kier alpha value is -0.120. The van der Waals surface area contributed by atoms with Gasteiger partial charge >= 0.3 is 0 Å². The number of hydrogen-bond acceptors (Lipinski definition) is 3. The van der Waals surface area contributed by atoms with Crippen molar-refractivity contribution in [3.8, 4) is 0 Å². The van der Waals surface area contributed by atoms with Crippen LogP contribution in [0.1, 0.15) is 19.8 Å². The Morgan fingerprint density at radius 1 is 1.33 bits per heavy atom. The van der Waals surface area contributed by atoms with Crippen LogP contribution in [0.25, 0.3) is 0 Å². The highest BCUT2D eigenvalue weighted by Crippen LogP contribution is 2.03. The molecule has 0 aliphatic carbocycles. The lowest BCUT2D eigenvalue weighted by Crippen LogP contribution is -2.37. The van der Waals surface area contributed by atoms with Crippen molar-refractivity contribution in [1.29, 1.82) is 0 Å². The molecule has 0 saturated carbocycles. The molecule has 0 aromatic heterocycles. The molecule has 9 heavy (non-hydrogen) atoms. The van der Waals surface area contributed by atoms with Gasteiger partial charge in [-0.05, 0) is 25.3 Å². The molecule has 0 amide bonds. The summed E-state index contributed by atoms with van der Waals surface area (Å²) in [6, 6.07) is 0. The summed E-state index contributed by atoms with van der Waals surface area (Å²) in [4.78, 5) is 0. The molecule has 0 radical (unpaired) electrons. The van der Waals surface area contributed by atoms with E-state index in [0.29, 0.717) is 5.92 Å². The summed E-state index contributed by atoms with van der Waals surface area (Å²) in [7, 11) is 0. The van der Waals surface area contributed by atoms with Gasteiger partial charge < -0.3 is 17.2 Å². The Balaban J connectivity index is 3.16. The lowest BCUT2D eigenvalue weighted by atomic mass is 10.0. The van der Waals surface area contributed by atoms with E-state index in [1.807, 2.05) is 6.92 Å². The van der Waals surface area contributed by atoms with Crippen LogP contribution in [0.4, 0.5) is 0 Å². The first kappa shape index (κ1) is 8.88. The van der Waals surface area contributed by atoms with Crippen molar-refractivity contribution < 1.29 is 0 Å². The summed E-state index contributed by atoms with van der Waals surface area (Å²) >= 11 is 0. The van der Waals surface area contributed by atoms with Crippen LogP contribution in [-0.4, -0.2) is 12.7 Å². The molecule has 0 fully saturated rings. The molecule has 0 aromatic carbocycles. The summed E-state index contributed by atoms with van der Waals surface area (Å²) in [5.41, 5.74) is 16.1. The minimum absolute atomic E-state index is 0.184. The molecular formula is C6H17N3. The van der Waals surface area contributed by atoms with Crippen molar-refractivity contribution in [1.82, 2.24) is 0 Å². The monoisotopic (exact) mass is 131 g/mol. The van der Waals surface area contributed by atoms with E-state index in [1.54, 1.807) is 0 Å². The van der Waals surface area contributed by atoms with Crippen molar-refractivity contribution in [2.75, 3.05) is 6.54 Å². The minimum Gasteiger partial charge on any atom is -0.330 e. The highest BCUT2D eigenvalue weighted by Gasteiger charge is 2.05. The van der Waals surface area contributed by atoms with E-state index >= 15 is 0 Å². The highest BCUT2D eigenvalue weighted by atomic mass is 14.9. The van der Waals surface area contributed by atoms with Crippen LogP contribution in [0.5, 0.6) is 0 Å². The number of nitrogens with two attached hydrogens (primary N) is 3. The highest BCUT2D eigenvalue weighted by molar-refractivity contribution is 4.61. The minimum atomic E-state index is -0.184. The van der Waals surface area contributed by atoms with Gasteiger partial charge in [-0.2, -0.15) is 0 Å². The van der Waals surface area contributed by atoms with Crippen molar-refractivity contribution >= 4 is 0 Å². The molecule has 0 aliphatic heterocycles. The van der Waals surface area contributed by atoms with Gasteiger partial charge in [0.2, 0.25) is 0 Å². The molecule has 0 spiro atoms.